The van der Waals surface area contributed by atoms with Gasteiger partial charge in [-0.25, -0.2) is 0 Å². The molecule has 24 heavy (non-hydrogen) atoms. The van der Waals surface area contributed by atoms with Crippen molar-refractivity contribution in [2.75, 3.05) is 31.6 Å². The Balaban J connectivity index is 1.73. The number of aromatic nitrogens is 1. The molecule has 7 heteroatoms. The molecule has 1 saturated heterocycles. The van der Waals surface area contributed by atoms with Crippen LogP contribution in [0.15, 0.2) is 42.7 Å². The van der Waals surface area contributed by atoms with Crippen LogP contribution < -0.4 is 5.32 Å². The fourth-order valence-electron chi connectivity index (χ4n) is 2.37. The smallest absolute Gasteiger partial charge is 0.257 e. The van der Waals surface area contributed by atoms with E-state index in [0.29, 0.717) is 48.1 Å². The Morgan fingerprint density at radius 2 is 1.75 bits per heavy atom. The van der Waals surface area contributed by atoms with E-state index in [1.807, 2.05) is 0 Å². The molecule has 0 spiro atoms. The molecule has 1 fully saturated rings. The molecule has 1 aliphatic heterocycles. The summed E-state index contributed by atoms with van der Waals surface area (Å²) in [5.74, 6) is -0.478. The summed E-state index contributed by atoms with van der Waals surface area (Å²) >= 11 is 5.82. The standard InChI is InChI=1S/C17H16ClN3O3/c18-14-1-3-15(4-2-14)20-16(22)12-9-13(11-19-10-12)17(23)21-5-7-24-8-6-21/h1-4,9-11H,5-8H2,(H,20,22). The summed E-state index contributed by atoms with van der Waals surface area (Å²) < 4.78 is 5.24. The van der Waals surface area contributed by atoms with Gasteiger partial charge in [-0.15, -0.1) is 0 Å². The molecule has 0 saturated carbocycles. The van der Waals surface area contributed by atoms with Crippen LogP contribution in [0.4, 0.5) is 5.69 Å². The predicted octanol–water partition coefficient (Wildman–Crippen LogP) is 2.46. The summed E-state index contributed by atoms with van der Waals surface area (Å²) in [6, 6.07) is 8.34. The number of amides is 2. The van der Waals surface area contributed by atoms with Crippen molar-refractivity contribution >= 4 is 29.1 Å². The molecular weight excluding hydrogens is 330 g/mol. The molecule has 1 N–H and O–H groups in total. The Morgan fingerprint density at radius 1 is 1.08 bits per heavy atom. The van der Waals surface area contributed by atoms with Crippen LogP contribution in [0.25, 0.3) is 0 Å². The molecule has 2 aromatic rings. The number of benzene rings is 1. The van der Waals surface area contributed by atoms with E-state index in [1.165, 1.54) is 12.4 Å². The van der Waals surface area contributed by atoms with Crippen molar-refractivity contribution in [2.45, 2.75) is 0 Å². The first-order chi connectivity index (χ1) is 11.6. The minimum absolute atomic E-state index is 0.146. The zero-order valence-electron chi connectivity index (χ0n) is 12.9. The third kappa shape index (κ3) is 3.90. The number of nitrogens with zero attached hydrogens (tertiary/aromatic N) is 2. The van der Waals surface area contributed by atoms with Crippen molar-refractivity contribution in [2.24, 2.45) is 0 Å². The van der Waals surface area contributed by atoms with Gasteiger partial charge in [0.2, 0.25) is 0 Å². The quantitative estimate of drug-likeness (QED) is 0.927. The summed E-state index contributed by atoms with van der Waals surface area (Å²) in [6.45, 7) is 2.13. The predicted molar refractivity (Wildman–Crippen MR) is 90.4 cm³/mol. The minimum Gasteiger partial charge on any atom is -0.378 e. The number of anilines is 1. The lowest BCUT2D eigenvalue weighted by Crippen LogP contribution is -2.40. The number of carbonyl (C=O) groups excluding carboxylic acids is 2. The number of hydrogen-bond donors (Lipinski definition) is 1. The van der Waals surface area contributed by atoms with Crippen molar-refractivity contribution in [1.29, 1.82) is 0 Å². The molecule has 0 atom stereocenters. The Kier molecular flexibility index (Phi) is 5.08. The number of nitrogens with one attached hydrogen (secondary N) is 1. The van der Waals surface area contributed by atoms with E-state index < -0.39 is 0 Å². The van der Waals surface area contributed by atoms with Gasteiger partial charge >= 0.3 is 0 Å². The third-order valence-corrected chi connectivity index (χ3v) is 3.90. The van der Waals surface area contributed by atoms with Gasteiger partial charge in [0.1, 0.15) is 0 Å². The maximum atomic E-state index is 12.5. The summed E-state index contributed by atoms with van der Waals surface area (Å²) in [5, 5.41) is 3.34. The van der Waals surface area contributed by atoms with Gasteiger partial charge < -0.3 is 15.0 Å². The number of morpholine rings is 1. The topological polar surface area (TPSA) is 71.5 Å². The van der Waals surface area contributed by atoms with Gasteiger partial charge in [-0.05, 0) is 30.3 Å². The van der Waals surface area contributed by atoms with Gasteiger partial charge in [-0.3, -0.25) is 14.6 Å². The molecule has 1 aliphatic rings. The molecule has 0 aliphatic carbocycles. The fourth-order valence-corrected chi connectivity index (χ4v) is 2.49. The summed E-state index contributed by atoms with van der Waals surface area (Å²) in [4.78, 5) is 30.5. The van der Waals surface area contributed by atoms with Gasteiger partial charge in [-0.1, -0.05) is 11.6 Å². The Morgan fingerprint density at radius 3 is 2.46 bits per heavy atom. The van der Waals surface area contributed by atoms with Gasteiger partial charge in [0.05, 0.1) is 24.3 Å². The van der Waals surface area contributed by atoms with Gasteiger partial charge in [0.25, 0.3) is 11.8 Å². The van der Waals surface area contributed by atoms with Crippen molar-refractivity contribution < 1.29 is 14.3 Å². The maximum absolute atomic E-state index is 12.5. The first kappa shape index (κ1) is 16.4. The molecule has 0 unspecified atom stereocenters. The van der Waals surface area contributed by atoms with Crippen molar-refractivity contribution in [1.82, 2.24) is 9.88 Å². The van der Waals surface area contributed by atoms with Crippen LogP contribution in [0.3, 0.4) is 0 Å². The second-order valence-corrected chi connectivity index (χ2v) is 5.76. The van der Waals surface area contributed by atoms with Gasteiger partial charge in [0, 0.05) is 36.2 Å². The van der Waals surface area contributed by atoms with E-state index in [4.69, 9.17) is 16.3 Å². The van der Waals surface area contributed by atoms with Crippen LogP contribution in [0.5, 0.6) is 0 Å². The zero-order valence-corrected chi connectivity index (χ0v) is 13.6. The van der Waals surface area contributed by atoms with E-state index >= 15 is 0 Å². The molecule has 0 radical (unpaired) electrons. The van der Waals surface area contributed by atoms with E-state index in [9.17, 15) is 9.59 Å². The van der Waals surface area contributed by atoms with E-state index in [-0.39, 0.29) is 11.8 Å². The molecule has 0 bridgehead atoms. The van der Waals surface area contributed by atoms with Crippen LogP contribution in [0, 0.1) is 0 Å². The Hall–Kier alpha value is -2.44. The summed E-state index contributed by atoms with van der Waals surface area (Å²) in [6.07, 6.45) is 2.90. The van der Waals surface area contributed by atoms with Crippen LogP contribution in [-0.2, 0) is 4.74 Å². The lowest BCUT2D eigenvalue weighted by Gasteiger charge is -2.26. The average molecular weight is 346 g/mol. The highest BCUT2D eigenvalue weighted by Gasteiger charge is 2.20. The normalized spacial score (nSPS) is 14.3. The van der Waals surface area contributed by atoms with Crippen molar-refractivity contribution in [3.05, 3.63) is 58.9 Å². The Labute approximate surface area is 144 Å². The zero-order chi connectivity index (χ0) is 16.9. The number of halogens is 1. The largest absolute Gasteiger partial charge is 0.378 e. The molecule has 124 valence electrons. The molecule has 3 rings (SSSR count). The summed E-state index contributed by atoms with van der Waals surface area (Å²) in [7, 11) is 0. The highest BCUT2D eigenvalue weighted by Crippen LogP contribution is 2.15. The average Bonchev–Trinajstić information content (AvgIpc) is 2.64. The summed E-state index contributed by atoms with van der Waals surface area (Å²) in [5.41, 5.74) is 1.33. The molecule has 6 nitrogen and oxygen atoms in total. The van der Waals surface area contributed by atoms with E-state index in [1.54, 1.807) is 35.2 Å². The maximum Gasteiger partial charge on any atom is 0.257 e. The second-order valence-electron chi connectivity index (χ2n) is 5.33. The number of ether oxygens (including phenoxy) is 1. The minimum atomic E-state index is -0.332. The molecule has 2 amide bonds. The molecule has 2 heterocycles. The fraction of sp³-hybridized carbons (Fsp3) is 0.235. The first-order valence-electron chi connectivity index (χ1n) is 7.52. The second kappa shape index (κ2) is 7.42. The van der Waals surface area contributed by atoms with Crippen molar-refractivity contribution in [3.63, 3.8) is 0 Å². The van der Waals surface area contributed by atoms with Gasteiger partial charge in [0.15, 0.2) is 0 Å². The Bertz CT molecular complexity index is 743. The lowest BCUT2D eigenvalue weighted by molar-refractivity contribution is 0.0302. The third-order valence-electron chi connectivity index (χ3n) is 3.65. The number of carbonyl (C=O) groups is 2. The van der Waals surface area contributed by atoms with Crippen LogP contribution in [0.2, 0.25) is 5.02 Å². The van der Waals surface area contributed by atoms with Crippen LogP contribution in [0.1, 0.15) is 20.7 Å². The first-order valence-corrected chi connectivity index (χ1v) is 7.90. The SMILES string of the molecule is O=C(Nc1ccc(Cl)cc1)c1cncc(C(=O)N2CCOCC2)c1. The van der Waals surface area contributed by atoms with Gasteiger partial charge in [-0.2, -0.15) is 0 Å². The van der Waals surface area contributed by atoms with E-state index in [2.05, 4.69) is 10.3 Å². The molecule has 1 aromatic carbocycles. The van der Waals surface area contributed by atoms with E-state index in [0.717, 1.165) is 0 Å². The number of hydrogen-bond acceptors (Lipinski definition) is 4. The lowest BCUT2D eigenvalue weighted by atomic mass is 10.1. The highest BCUT2D eigenvalue weighted by atomic mass is 35.5. The monoisotopic (exact) mass is 345 g/mol. The van der Waals surface area contributed by atoms with Crippen molar-refractivity contribution in [3.8, 4) is 0 Å². The number of pyridine rings is 1. The van der Waals surface area contributed by atoms with Crippen LogP contribution in [-0.4, -0.2) is 48.0 Å². The highest BCUT2D eigenvalue weighted by molar-refractivity contribution is 6.30. The van der Waals surface area contributed by atoms with Crippen LogP contribution >= 0.6 is 11.6 Å². The molecular formula is C17H16ClN3O3. The number of rotatable bonds is 3. The molecule has 1 aromatic heterocycles.